The number of hydrogen-bond acceptors (Lipinski definition) is 4. The second kappa shape index (κ2) is 8.52. The number of nitrogens with zero attached hydrogens (tertiary/aromatic N) is 3. The maximum atomic E-state index is 6.44. The highest BCUT2D eigenvalue weighted by Crippen LogP contribution is 2.39. The molecule has 0 fully saturated rings. The Morgan fingerprint density at radius 1 is 0.528 bits per heavy atom. The van der Waals surface area contributed by atoms with Crippen LogP contribution in [0.15, 0.2) is 109 Å². The van der Waals surface area contributed by atoms with E-state index in [0.717, 1.165) is 26.6 Å². The summed E-state index contributed by atoms with van der Waals surface area (Å²) in [6, 6.07) is 37.9. The van der Waals surface area contributed by atoms with Crippen LogP contribution in [-0.2, 0) is 0 Å². The van der Waals surface area contributed by atoms with E-state index < -0.39 is 0 Å². The molecule has 2 heterocycles. The van der Waals surface area contributed by atoms with Gasteiger partial charge in [0.05, 0.1) is 0 Å². The van der Waals surface area contributed by atoms with Crippen LogP contribution in [0.1, 0.15) is 0 Å². The number of aromatic nitrogens is 3. The van der Waals surface area contributed by atoms with Crippen LogP contribution in [0, 0.1) is 0 Å². The van der Waals surface area contributed by atoms with E-state index >= 15 is 0 Å². The Morgan fingerprint density at radius 2 is 1.25 bits per heavy atom. The standard InChI is InChI=1S/C31H18ClN3S/c32-31-34-29(22-16-14-20-13-15-21(17-23(20)18-22)19-7-2-1-3-8-19)33-30(35-31)26-11-6-10-25-24-9-4-5-12-27(24)36-28(25)26/h1-18H. The Labute approximate surface area is 216 Å². The van der Waals surface area contributed by atoms with Gasteiger partial charge in [-0.15, -0.1) is 11.3 Å². The lowest BCUT2D eigenvalue weighted by atomic mass is 10.00. The maximum Gasteiger partial charge on any atom is 0.226 e. The van der Waals surface area contributed by atoms with E-state index in [0.29, 0.717) is 11.6 Å². The molecule has 0 unspecified atom stereocenters. The van der Waals surface area contributed by atoms with Crippen molar-refractivity contribution in [3.05, 3.63) is 114 Å². The molecule has 7 aromatic rings. The molecule has 0 aliphatic carbocycles. The third-order valence-electron chi connectivity index (χ3n) is 6.46. The van der Waals surface area contributed by atoms with Crippen LogP contribution in [-0.4, -0.2) is 15.0 Å². The Bertz CT molecular complexity index is 1910. The zero-order valence-electron chi connectivity index (χ0n) is 19.0. The van der Waals surface area contributed by atoms with E-state index in [9.17, 15) is 0 Å². The molecule has 0 N–H and O–H groups in total. The zero-order valence-corrected chi connectivity index (χ0v) is 20.6. The molecule has 170 valence electrons. The SMILES string of the molecule is Clc1nc(-c2ccc3ccc(-c4ccccc4)cc3c2)nc(-c2cccc3c2sc2ccccc23)n1. The van der Waals surface area contributed by atoms with Crippen LogP contribution in [0.3, 0.4) is 0 Å². The monoisotopic (exact) mass is 499 g/mol. The molecule has 36 heavy (non-hydrogen) atoms. The molecule has 2 aromatic heterocycles. The lowest BCUT2D eigenvalue weighted by Crippen LogP contribution is -1.97. The van der Waals surface area contributed by atoms with Gasteiger partial charge in [-0.2, -0.15) is 9.97 Å². The summed E-state index contributed by atoms with van der Waals surface area (Å²) in [5, 5.41) is 4.91. The molecule has 7 rings (SSSR count). The molecule has 3 nitrogen and oxygen atoms in total. The van der Waals surface area contributed by atoms with Crippen LogP contribution in [0.2, 0.25) is 5.28 Å². The van der Waals surface area contributed by atoms with Crippen molar-refractivity contribution < 1.29 is 0 Å². The number of benzene rings is 5. The van der Waals surface area contributed by atoms with E-state index in [1.807, 2.05) is 12.1 Å². The average Bonchev–Trinajstić information content (AvgIpc) is 3.31. The summed E-state index contributed by atoms with van der Waals surface area (Å²) in [5.41, 5.74) is 4.23. The average molecular weight is 500 g/mol. The normalized spacial score (nSPS) is 11.5. The first kappa shape index (κ1) is 21.2. The van der Waals surface area contributed by atoms with Crippen molar-refractivity contribution in [1.82, 2.24) is 15.0 Å². The van der Waals surface area contributed by atoms with Gasteiger partial charge in [0.15, 0.2) is 11.6 Å². The Hall–Kier alpha value is -4.12. The van der Waals surface area contributed by atoms with Gasteiger partial charge in [0.25, 0.3) is 0 Å². The van der Waals surface area contributed by atoms with Gasteiger partial charge in [0.2, 0.25) is 5.28 Å². The minimum atomic E-state index is 0.186. The molecule has 0 radical (unpaired) electrons. The minimum absolute atomic E-state index is 0.186. The zero-order chi connectivity index (χ0) is 24.1. The second-order valence-electron chi connectivity index (χ2n) is 8.67. The van der Waals surface area contributed by atoms with Crippen molar-refractivity contribution in [2.24, 2.45) is 0 Å². The summed E-state index contributed by atoms with van der Waals surface area (Å²) < 4.78 is 2.39. The topological polar surface area (TPSA) is 38.7 Å². The van der Waals surface area contributed by atoms with Gasteiger partial charge in [0.1, 0.15) is 0 Å². The Kier molecular flexibility index (Phi) is 5.01. The Balaban J connectivity index is 1.37. The number of hydrogen-bond donors (Lipinski definition) is 0. The summed E-state index contributed by atoms with van der Waals surface area (Å²) in [6.07, 6.45) is 0. The van der Waals surface area contributed by atoms with Crippen molar-refractivity contribution in [2.45, 2.75) is 0 Å². The first-order valence-electron chi connectivity index (χ1n) is 11.6. The molecule has 0 aliphatic rings. The van der Waals surface area contributed by atoms with Gasteiger partial charge in [-0.25, -0.2) is 4.98 Å². The highest BCUT2D eigenvalue weighted by molar-refractivity contribution is 7.26. The van der Waals surface area contributed by atoms with Gasteiger partial charge >= 0.3 is 0 Å². The van der Waals surface area contributed by atoms with Crippen LogP contribution in [0.5, 0.6) is 0 Å². The predicted octanol–water partition coefficient (Wildman–Crippen LogP) is 9.05. The van der Waals surface area contributed by atoms with Crippen molar-refractivity contribution >= 4 is 53.9 Å². The Morgan fingerprint density at radius 3 is 2.14 bits per heavy atom. The van der Waals surface area contributed by atoms with Gasteiger partial charge in [0, 0.05) is 31.3 Å². The quantitative estimate of drug-likeness (QED) is 0.243. The number of fused-ring (bicyclic) bond motifs is 4. The third kappa shape index (κ3) is 3.63. The maximum absolute atomic E-state index is 6.44. The van der Waals surface area contributed by atoms with Gasteiger partial charge in [-0.3, -0.25) is 0 Å². The van der Waals surface area contributed by atoms with Crippen LogP contribution < -0.4 is 0 Å². The first-order chi connectivity index (χ1) is 17.7. The van der Waals surface area contributed by atoms with Crippen LogP contribution in [0.4, 0.5) is 0 Å². The fourth-order valence-electron chi connectivity index (χ4n) is 4.72. The lowest BCUT2D eigenvalue weighted by molar-refractivity contribution is 1.07. The lowest BCUT2D eigenvalue weighted by Gasteiger charge is -2.08. The van der Waals surface area contributed by atoms with E-state index in [1.165, 1.54) is 26.6 Å². The second-order valence-corrected chi connectivity index (χ2v) is 10.1. The molecular weight excluding hydrogens is 482 g/mol. The van der Waals surface area contributed by atoms with Crippen molar-refractivity contribution in [2.75, 3.05) is 0 Å². The molecule has 0 spiro atoms. The third-order valence-corrected chi connectivity index (χ3v) is 7.85. The summed E-state index contributed by atoms with van der Waals surface area (Å²) in [4.78, 5) is 13.9. The van der Waals surface area contributed by atoms with E-state index in [1.54, 1.807) is 11.3 Å². The molecule has 0 saturated carbocycles. The van der Waals surface area contributed by atoms with Crippen molar-refractivity contribution in [1.29, 1.82) is 0 Å². The largest absolute Gasteiger partial charge is 0.226 e. The predicted molar refractivity (Wildman–Crippen MR) is 152 cm³/mol. The van der Waals surface area contributed by atoms with E-state index in [4.69, 9.17) is 16.6 Å². The number of rotatable bonds is 3. The summed E-state index contributed by atoms with van der Waals surface area (Å²) in [5.74, 6) is 1.15. The summed E-state index contributed by atoms with van der Waals surface area (Å²) >= 11 is 8.19. The highest BCUT2D eigenvalue weighted by Gasteiger charge is 2.15. The van der Waals surface area contributed by atoms with Crippen molar-refractivity contribution in [3.8, 4) is 33.9 Å². The van der Waals surface area contributed by atoms with Crippen molar-refractivity contribution in [3.63, 3.8) is 0 Å². The fourth-order valence-corrected chi connectivity index (χ4v) is 6.09. The summed E-state index contributed by atoms with van der Waals surface area (Å²) in [6.45, 7) is 0. The van der Waals surface area contributed by atoms with Gasteiger partial charge < -0.3 is 0 Å². The van der Waals surface area contributed by atoms with E-state index in [-0.39, 0.29) is 5.28 Å². The molecule has 0 amide bonds. The molecule has 0 saturated heterocycles. The fraction of sp³-hybridized carbons (Fsp3) is 0. The van der Waals surface area contributed by atoms with Crippen LogP contribution in [0.25, 0.3) is 64.8 Å². The number of thiophene rings is 1. The van der Waals surface area contributed by atoms with E-state index in [2.05, 4.69) is 107 Å². The molecule has 0 atom stereocenters. The van der Waals surface area contributed by atoms with Gasteiger partial charge in [-0.05, 0) is 57.8 Å². The highest BCUT2D eigenvalue weighted by atomic mass is 35.5. The van der Waals surface area contributed by atoms with Crippen LogP contribution >= 0.6 is 22.9 Å². The summed E-state index contributed by atoms with van der Waals surface area (Å²) in [7, 11) is 0. The molecular formula is C31H18ClN3S. The first-order valence-corrected chi connectivity index (χ1v) is 12.8. The minimum Gasteiger partial charge on any atom is -0.208 e. The molecule has 0 bridgehead atoms. The molecule has 5 heteroatoms. The molecule has 5 aromatic carbocycles. The number of halogens is 1. The smallest absolute Gasteiger partial charge is 0.208 e. The molecule has 0 aliphatic heterocycles. The van der Waals surface area contributed by atoms with Gasteiger partial charge in [-0.1, -0.05) is 84.9 Å².